The van der Waals surface area contributed by atoms with Crippen molar-refractivity contribution < 1.29 is 14.6 Å². The van der Waals surface area contributed by atoms with Crippen LogP contribution in [0.3, 0.4) is 0 Å². The Kier molecular flexibility index (Phi) is 5.80. The van der Waals surface area contributed by atoms with Gasteiger partial charge in [0.25, 0.3) is 0 Å². The lowest BCUT2D eigenvalue weighted by Crippen LogP contribution is -2.29. The summed E-state index contributed by atoms with van der Waals surface area (Å²) in [5, 5.41) is 12.4. The van der Waals surface area contributed by atoms with Crippen molar-refractivity contribution in [2.45, 2.75) is 19.4 Å². The third-order valence-corrected chi connectivity index (χ3v) is 2.51. The molecule has 4 heteroatoms. The molecule has 4 nitrogen and oxygen atoms in total. The number of likely N-dealkylation sites (N-methyl/N-ethyl adjacent to an activating group) is 1. The second-order valence-corrected chi connectivity index (χ2v) is 3.86. The molecule has 2 N–H and O–H groups in total. The van der Waals surface area contributed by atoms with Gasteiger partial charge >= 0.3 is 0 Å². The SMILES string of the molecule is CCc1ccc(OCC(O)CNC)c(OC)c1. The van der Waals surface area contributed by atoms with E-state index in [4.69, 9.17) is 9.47 Å². The molecule has 96 valence electrons. The third kappa shape index (κ3) is 4.24. The van der Waals surface area contributed by atoms with Crippen LogP contribution in [0.25, 0.3) is 0 Å². The molecule has 1 rings (SSSR count). The molecule has 0 heterocycles. The van der Waals surface area contributed by atoms with Gasteiger partial charge in [0.15, 0.2) is 11.5 Å². The highest BCUT2D eigenvalue weighted by Gasteiger charge is 2.08. The van der Waals surface area contributed by atoms with Crippen molar-refractivity contribution in [2.24, 2.45) is 0 Å². The molecular formula is C13H21NO3. The summed E-state index contributed by atoms with van der Waals surface area (Å²) >= 11 is 0. The maximum atomic E-state index is 9.55. The molecule has 0 aliphatic rings. The lowest BCUT2D eigenvalue weighted by atomic mass is 10.1. The topological polar surface area (TPSA) is 50.7 Å². The number of benzene rings is 1. The Bertz CT molecular complexity index is 341. The highest BCUT2D eigenvalue weighted by Crippen LogP contribution is 2.28. The molecule has 0 saturated carbocycles. The quantitative estimate of drug-likeness (QED) is 0.751. The largest absolute Gasteiger partial charge is 0.493 e. The molecule has 1 unspecified atom stereocenters. The first-order valence-electron chi connectivity index (χ1n) is 5.83. The van der Waals surface area contributed by atoms with Crippen LogP contribution >= 0.6 is 0 Å². The zero-order valence-corrected chi connectivity index (χ0v) is 10.7. The van der Waals surface area contributed by atoms with Crippen molar-refractivity contribution in [1.29, 1.82) is 0 Å². The van der Waals surface area contributed by atoms with Crippen LogP contribution in [0.2, 0.25) is 0 Å². The Morgan fingerprint density at radius 3 is 2.71 bits per heavy atom. The molecule has 0 radical (unpaired) electrons. The van der Waals surface area contributed by atoms with Crippen LogP contribution in [-0.4, -0.2) is 38.5 Å². The van der Waals surface area contributed by atoms with Crippen molar-refractivity contribution in [3.8, 4) is 11.5 Å². The molecule has 0 fully saturated rings. The van der Waals surface area contributed by atoms with E-state index in [1.807, 2.05) is 18.2 Å². The zero-order chi connectivity index (χ0) is 12.7. The number of aryl methyl sites for hydroxylation is 1. The molecule has 0 bridgehead atoms. The molecule has 0 saturated heterocycles. The fourth-order valence-corrected chi connectivity index (χ4v) is 1.53. The van der Waals surface area contributed by atoms with Gasteiger partial charge in [0.2, 0.25) is 0 Å². The van der Waals surface area contributed by atoms with E-state index in [2.05, 4.69) is 12.2 Å². The van der Waals surface area contributed by atoms with Gasteiger partial charge in [-0.25, -0.2) is 0 Å². The second-order valence-electron chi connectivity index (χ2n) is 3.86. The molecular weight excluding hydrogens is 218 g/mol. The van der Waals surface area contributed by atoms with E-state index >= 15 is 0 Å². The first-order chi connectivity index (χ1) is 8.21. The molecule has 0 aliphatic heterocycles. The van der Waals surface area contributed by atoms with Gasteiger partial charge in [0.1, 0.15) is 12.7 Å². The lowest BCUT2D eigenvalue weighted by molar-refractivity contribution is 0.106. The first-order valence-corrected chi connectivity index (χ1v) is 5.83. The second kappa shape index (κ2) is 7.14. The maximum Gasteiger partial charge on any atom is 0.161 e. The van der Waals surface area contributed by atoms with E-state index in [9.17, 15) is 5.11 Å². The summed E-state index contributed by atoms with van der Waals surface area (Å²) in [6, 6.07) is 5.84. The van der Waals surface area contributed by atoms with E-state index in [1.54, 1.807) is 14.2 Å². The minimum absolute atomic E-state index is 0.253. The molecule has 0 spiro atoms. The summed E-state index contributed by atoms with van der Waals surface area (Å²) in [5.74, 6) is 1.38. The van der Waals surface area contributed by atoms with Gasteiger partial charge < -0.3 is 19.9 Å². The standard InChI is InChI=1S/C13H21NO3/c1-4-10-5-6-12(13(7-10)16-3)17-9-11(15)8-14-2/h5-7,11,14-15H,4,8-9H2,1-3H3. The average Bonchev–Trinajstić information content (AvgIpc) is 2.36. The van der Waals surface area contributed by atoms with E-state index in [0.717, 1.165) is 6.42 Å². The van der Waals surface area contributed by atoms with Crippen LogP contribution in [0.1, 0.15) is 12.5 Å². The fraction of sp³-hybridized carbons (Fsp3) is 0.538. The van der Waals surface area contributed by atoms with E-state index in [-0.39, 0.29) is 6.61 Å². The van der Waals surface area contributed by atoms with E-state index < -0.39 is 6.10 Å². The zero-order valence-electron chi connectivity index (χ0n) is 10.7. The minimum atomic E-state index is -0.518. The number of aliphatic hydroxyl groups excluding tert-OH is 1. The Morgan fingerprint density at radius 1 is 1.35 bits per heavy atom. The Morgan fingerprint density at radius 2 is 2.12 bits per heavy atom. The number of hydrogen-bond acceptors (Lipinski definition) is 4. The van der Waals surface area contributed by atoms with Crippen molar-refractivity contribution in [3.63, 3.8) is 0 Å². The van der Waals surface area contributed by atoms with Crippen molar-refractivity contribution in [2.75, 3.05) is 27.3 Å². The highest BCUT2D eigenvalue weighted by atomic mass is 16.5. The van der Waals surface area contributed by atoms with Crippen molar-refractivity contribution in [1.82, 2.24) is 5.32 Å². The minimum Gasteiger partial charge on any atom is -0.493 e. The summed E-state index contributed by atoms with van der Waals surface area (Å²) in [6.07, 6.45) is 0.439. The summed E-state index contributed by atoms with van der Waals surface area (Å²) in [7, 11) is 3.41. The highest BCUT2D eigenvalue weighted by molar-refractivity contribution is 5.42. The molecule has 17 heavy (non-hydrogen) atoms. The number of rotatable bonds is 7. The molecule has 0 aromatic heterocycles. The molecule has 0 amide bonds. The van der Waals surface area contributed by atoms with Gasteiger partial charge in [0, 0.05) is 6.54 Å². The first kappa shape index (κ1) is 13.8. The lowest BCUT2D eigenvalue weighted by Gasteiger charge is -2.14. The van der Waals surface area contributed by atoms with Crippen molar-refractivity contribution >= 4 is 0 Å². The maximum absolute atomic E-state index is 9.55. The van der Waals surface area contributed by atoms with Crippen LogP contribution in [0.15, 0.2) is 18.2 Å². The number of nitrogens with one attached hydrogen (secondary N) is 1. The predicted molar refractivity (Wildman–Crippen MR) is 67.8 cm³/mol. The van der Waals surface area contributed by atoms with Crippen LogP contribution in [0.5, 0.6) is 11.5 Å². The van der Waals surface area contributed by atoms with Crippen LogP contribution < -0.4 is 14.8 Å². The molecule has 1 aromatic rings. The van der Waals surface area contributed by atoms with Crippen LogP contribution in [-0.2, 0) is 6.42 Å². The number of ether oxygens (including phenoxy) is 2. The van der Waals surface area contributed by atoms with E-state index in [1.165, 1.54) is 5.56 Å². The summed E-state index contributed by atoms with van der Waals surface area (Å²) in [6.45, 7) is 2.85. The Hall–Kier alpha value is -1.26. The Labute approximate surface area is 103 Å². The van der Waals surface area contributed by atoms with Gasteiger partial charge in [-0.15, -0.1) is 0 Å². The normalized spacial score (nSPS) is 12.2. The average molecular weight is 239 g/mol. The third-order valence-electron chi connectivity index (χ3n) is 2.51. The van der Waals surface area contributed by atoms with E-state index in [0.29, 0.717) is 18.0 Å². The molecule has 0 aliphatic carbocycles. The molecule has 1 atom stereocenters. The number of methoxy groups -OCH3 is 1. The predicted octanol–water partition coefficient (Wildman–Crippen LogP) is 1.22. The van der Waals surface area contributed by atoms with Gasteiger partial charge in [0.05, 0.1) is 7.11 Å². The fourth-order valence-electron chi connectivity index (χ4n) is 1.53. The van der Waals surface area contributed by atoms with Crippen molar-refractivity contribution in [3.05, 3.63) is 23.8 Å². The van der Waals surface area contributed by atoms with Gasteiger partial charge in [-0.3, -0.25) is 0 Å². The number of aliphatic hydroxyl groups is 1. The smallest absolute Gasteiger partial charge is 0.161 e. The summed E-state index contributed by atoms with van der Waals surface area (Å²) in [4.78, 5) is 0. The van der Waals surface area contributed by atoms with Gasteiger partial charge in [-0.2, -0.15) is 0 Å². The number of hydrogen-bond donors (Lipinski definition) is 2. The van der Waals surface area contributed by atoms with Gasteiger partial charge in [-0.05, 0) is 31.2 Å². The van der Waals surface area contributed by atoms with Gasteiger partial charge in [-0.1, -0.05) is 13.0 Å². The Balaban J connectivity index is 2.63. The summed E-state index contributed by atoms with van der Waals surface area (Å²) in [5.41, 5.74) is 1.20. The monoisotopic (exact) mass is 239 g/mol. The summed E-state index contributed by atoms with van der Waals surface area (Å²) < 4.78 is 10.8. The van der Waals surface area contributed by atoms with Crippen LogP contribution in [0.4, 0.5) is 0 Å². The van der Waals surface area contributed by atoms with Crippen LogP contribution in [0, 0.1) is 0 Å². The molecule has 1 aromatic carbocycles.